The first-order chi connectivity index (χ1) is 32.8. The van der Waals surface area contributed by atoms with E-state index in [1.807, 2.05) is 36.4 Å². The fourth-order valence-corrected chi connectivity index (χ4v) is 10.7. The zero-order valence-electron chi connectivity index (χ0n) is 35.6. The van der Waals surface area contributed by atoms with Crippen molar-refractivity contribution in [2.24, 2.45) is 0 Å². The molecule has 0 N–H and O–H groups in total. The fourth-order valence-electron chi connectivity index (χ4n) is 10.7. The summed E-state index contributed by atoms with van der Waals surface area (Å²) in [6.07, 6.45) is 0. The van der Waals surface area contributed by atoms with Gasteiger partial charge in [0.2, 0.25) is 0 Å². The Morgan fingerprint density at radius 3 is 1.44 bits per heavy atom. The predicted molar refractivity (Wildman–Crippen MR) is 275 cm³/mol. The Labute approximate surface area is 379 Å². The number of fused-ring (bicyclic) bond motifs is 11. The normalized spacial score (nSPS) is 11.9. The van der Waals surface area contributed by atoms with Crippen molar-refractivity contribution in [3.8, 4) is 45.5 Å². The molecule has 0 aliphatic rings. The van der Waals surface area contributed by atoms with Gasteiger partial charge in [-0.15, -0.1) is 0 Å². The van der Waals surface area contributed by atoms with Crippen LogP contribution in [0.3, 0.4) is 0 Å². The monoisotopic (exact) mass is 839 g/mol. The average Bonchev–Trinajstić information content (AvgIpc) is 3.89. The predicted octanol–water partition coefficient (Wildman–Crippen LogP) is 15.7. The van der Waals surface area contributed by atoms with Crippen molar-refractivity contribution in [1.29, 1.82) is 0 Å². The van der Waals surface area contributed by atoms with Crippen LogP contribution in [0.15, 0.2) is 224 Å². The van der Waals surface area contributed by atoms with E-state index in [0.29, 0.717) is 17.5 Å². The van der Waals surface area contributed by atoms with Gasteiger partial charge in [0.1, 0.15) is 0 Å². The van der Waals surface area contributed by atoms with Crippen molar-refractivity contribution in [2.75, 3.05) is 0 Å². The summed E-state index contributed by atoms with van der Waals surface area (Å²) in [5.41, 5.74) is 9.76. The standard InChI is InChI=1S/C61H37N5/c1-3-20-40(21-4-1)59-62-60(41-22-5-2-6-23-41)64-61(63-59)57-45-28-11-13-30-47(45)58(48-31-14-12-29-46(48)57)66-52-32-16-15-27-44(52)49-36-50-55(37-54(49)66)65(51-33-17-24-38-18-7-9-25-42(38)51)53-35-34-39-19-8-10-26-43(39)56(50)53/h1-37H. The van der Waals surface area contributed by atoms with Crippen molar-refractivity contribution in [2.45, 2.75) is 0 Å². The molecule has 66 heavy (non-hydrogen) atoms. The molecular weight excluding hydrogens is 803 g/mol. The second kappa shape index (κ2) is 14.3. The first-order valence-corrected chi connectivity index (χ1v) is 22.5. The molecule has 0 aliphatic carbocycles. The summed E-state index contributed by atoms with van der Waals surface area (Å²) in [5, 5.41) is 14.2. The fraction of sp³-hybridized carbons (Fsp3) is 0. The zero-order chi connectivity index (χ0) is 43.3. The van der Waals surface area contributed by atoms with Crippen LogP contribution in [-0.4, -0.2) is 24.1 Å². The van der Waals surface area contributed by atoms with Crippen LogP contribution in [0.4, 0.5) is 0 Å². The van der Waals surface area contributed by atoms with E-state index in [1.165, 1.54) is 48.6 Å². The maximum atomic E-state index is 5.30. The zero-order valence-corrected chi connectivity index (χ0v) is 35.6. The molecule has 0 amide bonds. The smallest absolute Gasteiger partial charge is 0.165 e. The molecule has 0 fully saturated rings. The summed E-state index contributed by atoms with van der Waals surface area (Å²) < 4.78 is 5.01. The van der Waals surface area contributed by atoms with E-state index in [9.17, 15) is 0 Å². The van der Waals surface area contributed by atoms with Crippen LogP contribution in [0.5, 0.6) is 0 Å². The molecule has 306 valence electrons. The van der Waals surface area contributed by atoms with Gasteiger partial charge in [-0.1, -0.05) is 194 Å². The molecule has 14 rings (SSSR count). The van der Waals surface area contributed by atoms with Crippen molar-refractivity contribution in [3.05, 3.63) is 224 Å². The second-order valence-electron chi connectivity index (χ2n) is 17.1. The average molecular weight is 840 g/mol. The lowest BCUT2D eigenvalue weighted by molar-refractivity contribution is 1.08. The third kappa shape index (κ3) is 5.38. The number of aromatic nitrogens is 5. The van der Waals surface area contributed by atoms with Crippen LogP contribution >= 0.6 is 0 Å². The summed E-state index contributed by atoms with van der Waals surface area (Å²) in [6, 6.07) is 80.5. The van der Waals surface area contributed by atoms with Crippen molar-refractivity contribution >= 4 is 86.7 Å². The van der Waals surface area contributed by atoms with E-state index in [-0.39, 0.29) is 0 Å². The highest BCUT2D eigenvalue weighted by Gasteiger charge is 2.25. The van der Waals surface area contributed by atoms with Gasteiger partial charge in [-0.3, -0.25) is 0 Å². The van der Waals surface area contributed by atoms with Crippen molar-refractivity contribution in [1.82, 2.24) is 24.1 Å². The third-order valence-electron chi connectivity index (χ3n) is 13.5. The Bertz CT molecular complexity index is 4160. The highest BCUT2D eigenvalue weighted by atomic mass is 15.0. The maximum Gasteiger partial charge on any atom is 0.165 e. The van der Waals surface area contributed by atoms with Gasteiger partial charge >= 0.3 is 0 Å². The Morgan fingerprint density at radius 1 is 0.273 bits per heavy atom. The number of nitrogens with zero attached hydrogens (tertiary/aromatic N) is 5. The molecule has 0 saturated carbocycles. The topological polar surface area (TPSA) is 48.5 Å². The summed E-state index contributed by atoms with van der Waals surface area (Å²) in [7, 11) is 0. The van der Waals surface area contributed by atoms with Crippen LogP contribution in [0.25, 0.3) is 132 Å². The van der Waals surface area contributed by atoms with Crippen LogP contribution in [0.1, 0.15) is 0 Å². The molecule has 14 aromatic rings. The molecule has 5 nitrogen and oxygen atoms in total. The number of benzene rings is 11. The van der Waals surface area contributed by atoms with E-state index in [4.69, 9.17) is 15.0 Å². The summed E-state index contributed by atoms with van der Waals surface area (Å²) >= 11 is 0. The second-order valence-corrected chi connectivity index (χ2v) is 17.1. The van der Waals surface area contributed by atoms with E-state index in [0.717, 1.165) is 66.2 Å². The van der Waals surface area contributed by atoms with Crippen LogP contribution in [0, 0.1) is 0 Å². The first kappa shape index (κ1) is 36.5. The Hall–Kier alpha value is -8.93. The number of hydrogen-bond donors (Lipinski definition) is 0. The minimum absolute atomic E-state index is 0.636. The molecule has 0 aliphatic heterocycles. The largest absolute Gasteiger partial charge is 0.309 e. The van der Waals surface area contributed by atoms with Crippen LogP contribution in [0.2, 0.25) is 0 Å². The van der Waals surface area contributed by atoms with Gasteiger partial charge in [0.05, 0.1) is 33.4 Å². The Balaban J connectivity index is 1.12. The molecule has 0 spiro atoms. The SMILES string of the molecule is c1ccc(-c2nc(-c3ccccc3)nc(-c3c4ccccc4c(-n4c5ccccc5c5cc6c7c8ccccc8ccc7n(-c7cccc8ccccc78)c6cc54)c4ccccc34)n2)cc1. The maximum absolute atomic E-state index is 5.30. The van der Waals surface area contributed by atoms with Gasteiger partial charge in [0.15, 0.2) is 17.5 Å². The van der Waals surface area contributed by atoms with Gasteiger partial charge < -0.3 is 9.13 Å². The molecule has 3 aromatic heterocycles. The van der Waals surface area contributed by atoms with E-state index in [2.05, 4.69) is 197 Å². The Kier molecular flexibility index (Phi) is 7.91. The van der Waals surface area contributed by atoms with Gasteiger partial charge in [-0.05, 0) is 57.3 Å². The molecule has 0 radical (unpaired) electrons. The lowest BCUT2D eigenvalue weighted by Gasteiger charge is -2.19. The summed E-state index contributed by atoms with van der Waals surface area (Å²) in [5.74, 6) is 1.91. The summed E-state index contributed by atoms with van der Waals surface area (Å²) in [6.45, 7) is 0. The van der Waals surface area contributed by atoms with Crippen LogP contribution < -0.4 is 0 Å². The lowest BCUT2D eigenvalue weighted by Crippen LogP contribution is -2.03. The molecule has 0 unspecified atom stereocenters. The lowest BCUT2D eigenvalue weighted by atomic mass is 9.93. The number of para-hydroxylation sites is 1. The molecular formula is C61H37N5. The van der Waals surface area contributed by atoms with Crippen LogP contribution in [-0.2, 0) is 0 Å². The molecule has 0 bridgehead atoms. The van der Waals surface area contributed by atoms with E-state index in [1.54, 1.807) is 0 Å². The van der Waals surface area contributed by atoms with Gasteiger partial charge in [0.25, 0.3) is 0 Å². The molecule has 0 atom stereocenters. The number of hydrogen-bond acceptors (Lipinski definition) is 3. The first-order valence-electron chi connectivity index (χ1n) is 22.5. The quantitative estimate of drug-likeness (QED) is 0.162. The Morgan fingerprint density at radius 2 is 0.773 bits per heavy atom. The van der Waals surface area contributed by atoms with Gasteiger partial charge in [0, 0.05) is 54.4 Å². The summed E-state index contributed by atoms with van der Waals surface area (Å²) in [4.78, 5) is 15.7. The minimum Gasteiger partial charge on any atom is -0.309 e. The molecule has 11 aromatic carbocycles. The molecule has 0 saturated heterocycles. The number of rotatable bonds is 5. The van der Waals surface area contributed by atoms with E-state index >= 15 is 0 Å². The highest BCUT2D eigenvalue weighted by Crippen LogP contribution is 2.46. The highest BCUT2D eigenvalue weighted by molar-refractivity contribution is 6.27. The minimum atomic E-state index is 0.636. The van der Waals surface area contributed by atoms with Crippen molar-refractivity contribution < 1.29 is 0 Å². The van der Waals surface area contributed by atoms with E-state index < -0.39 is 0 Å². The molecule has 3 heterocycles. The van der Waals surface area contributed by atoms with Gasteiger partial charge in [-0.25, -0.2) is 15.0 Å². The van der Waals surface area contributed by atoms with Crippen molar-refractivity contribution in [3.63, 3.8) is 0 Å². The third-order valence-corrected chi connectivity index (χ3v) is 13.5. The van der Waals surface area contributed by atoms with Gasteiger partial charge in [-0.2, -0.15) is 0 Å². The molecule has 5 heteroatoms.